The van der Waals surface area contributed by atoms with E-state index in [9.17, 15) is 0 Å². The summed E-state index contributed by atoms with van der Waals surface area (Å²) in [5, 5.41) is 4.75. The van der Waals surface area contributed by atoms with Gasteiger partial charge in [0.05, 0.1) is 30.1 Å². The number of thiophene rings is 1. The van der Waals surface area contributed by atoms with Gasteiger partial charge in [0.25, 0.3) is 0 Å². The van der Waals surface area contributed by atoms with E-state index in [2.05, 4.69) is 38.6 Å². The van der Waals surface area contributed by atoms with E-state index in [0.29, 0.717) is 11.0 Å². The summed E-state index contributed by atoms with van der Waals surface area (Å²) in [6.45, 7) is 3.63. The van der Waals surface area contributed by atoms with Crippen LogP contribution in [-0.2, 0) is 4.74 Å². The number of anilines is 1. The molecular formula is C13H14ClN3OS. The van der Waals surface area contributed by atoms with Gasteiger partial charge in [0.15, 0.2) is 0 Å². The third-order valence-corrected chi connectivity index (χ3v) is 3.96. The summed E-state index contributed by atoms with van der Waals surface area (Å²) in [5.74, 6) is 0.708. The maximum Gasteiger partial charge on any atom is 0.225 e. The first kappa shape index (κ1) is 12.8. The molecule has 0 unspecified atom stereocenters. The third-order valence-electron chi connectivity index (χ3n) is 3.06. The van der Waals surface area contributed by atoms with E-state index in [1.807, 2.05) is 0 Å². The fourth-order valence-corrected chi connectivity index (χ4v) is 3.03. The molecule has 19 heavy (non-hydrogen) atoms. The van der Waals surface area contributed by atoms with Crippen LogP contribution in [0.3, 0.4) is 0 Å². The highest BCUT2D eigenvalue weighted by atomic mass is 35.5. The number of aromatic nitrogens is 2. The fourth-order valence-electron chi connectivity index (χ4n) is 2.23. The number of halogens is 1. The van der Waals surface area contributed by atoms with Gasteiger partial charge in [-0.1, -0.05) is 11.6 Å². The Bertz CT molecular complexity index is 531. The Morgan fingerprint density at radius 2 is 2.16 bits per heavy atom. The minimum Gasteiger partial charge on any atom is -0.367 e. The molecule has 2 aromatic heterocycles. The van der Waals surface area contributed by atoms with Crippen molar-refractivity contribution >= 4 is 28.9 Å². The molecule has 1 saturated heterocycles. The van der Waals surface area contributed by atoms with Crippen molar-refractivity contribution in [1.29, 1.82) is 0 Å². The van der Waals surface area contributed by atoms with Crippen LogP contribution in [0.5, 0.6) is 0 Å². The lowest BCUT2D eigenvalue weighted by atomic mass is 10.1. The second-order valence-corrected chi connectivity index (χ2v) is 5.81. The maximum atomic E-state index is 5.99. The Morgan fingerprint density at radius 1 is 1.37 bits per heavy atom. The molecule has 100 valence electrons. The molecular weight excluding hydrogens is 282 g/mol. The van der Waals surface area contributed by atoms with Gasteiger partial charge in [0.2, 0.25) is 5.95 Å². The van der Waals surface area contributed by atoms with Crippen LogP contribution in [0.4, 0.5) is 5.95 Å². The van der Waals surface area contributed by atoms with Gasteiger partial charge in [-0.3, -0.25) is 0 Å². The van der Waals surface area contributed by atoms with Gasteiger partial charge in [0.1, 0.15) is 6.10 Å². The van der Waals surface area contributed by atoms with E-state index in [1.165, 1.54) is 5.56 Å². The van der Waals surface area contributed by atoms with Crippen molar-refractivity contribution in [2.45, 2.75) is 19.1 Å². The topological polar surface area (TPSA) is 38.2 Å². The zero-order valence-corrected chi connectivity index (χ0v) is 12.1. The zero-order valence-electron chi connectivity index (χ0n) is 10.5. The fraction of sp³-hybridized carbons (Fsp3) is 0.385. The summed E-state index contributed by atoms with van der Waals surface area (Å²) in [5.41, 5.74) is 1.22. The van der Waals surface area contributed by atoms with Crippen molar-refractivity contribution in [2.75, 3.05) is 18.0 Å². The van der Waals surface area contributed by atoms with Crippen LogP contribution >= 0.6 is 22.9 Å². The zero-order chi connectivity index (χ0) is 13.2. The number of hydrogen-bond donors (Lipinski definition) is 0. The van der Waals surface area contributed by atoms with E-state index < -0.39 is 0 Å². The molecule has 0 saturated carbocycles. The monoisotopic (exact) mass is 295 g/mol. The standard InChI is InChI=1S/C13H14ClN3OS/c1-9-6-17(13-15-4-11(14)5-16-13)7-12(18-9)10-2-3-19-8-10/h2-5,8-9,12H,6-7H2,1H3/t9-,12-/m1/s1. The minimum atomic E-state index is 0.0780. The van der Waals surface area contributed by atoms with E-state index in [1.54, 1.807) is 23.7 Å². The normalized spacial score (nSPS) is 23.6. The van der Waals surface area contributed by atoms with Gasteiger partial charge >= 0.3 is 0 Å². The Balaban J connectivity index is 1.80. The number of morpholine rings is 1. The Hall–Kier alpha value is -1.17. The minimum absolute atomic E-state index is 0.0780. The quantitative estimate of drug-likeness (QED) is 0.853. The van der Waals surface area contributed by atoms with Crippen LogP contribution in [0.1, 0.15) is 18.6 Å². The predicted molar refractivity (Wildman–Crippen MR) is 76.9 cm³/mol. The second kappa shape index (κ2) is 5.45. The van der Waals surface area contributed by atoms with Gasteiger partial charge < -0.3 is 9.64 Å². The third kappa shape index (κ3) is 2.88. The largest absolute Gasteiger partial charge is 0.367 e. The Morgan fingerprint density at radius 3 is 2.84 bits per heavy atom. The number of hydrogen-bond acceptors (Lipinski definition) is 5. The van der Waals surface area contributed by atoms with E-state index in [4.69, 9.17) is 16.3 Å². The maximum absolute atomic E-state index is 5.99. The van der Waals surface area contributed by atoms with Crippen LogP contribution in [0.15, 0.2) is 29.2 Å². The molecule has 3 rings (SSSR count). The molecule has 6 heteroatoms. The summed E-state index contributed by atoms with van der Waals surface area (Å²) in [6.07, 6.45) is 3.49. The van der Waals surface area contributed by atoms with Crippen LogP contribution in [0.25, 0.3) is 0 Å². The molecule has 0 radical (unpaired) electrons. The summed E-state index contributed by atoms with van der Waals surface area (Å²) in [4.78, 5) is 10.7. The van der Waals surface area contributed by atoms with Gasteiger partial charge in [-0.2, -0.15) is 11.3 Å². The first-order valence-corrected chi connectivity index (χ1v) is 7.44. The Labute approximate surface area is 121 Å². The van der Waals surface area contributed by atoms with Gasteiger partial charge in [-0.25, -0.2) is 9.97 Å². The first-order chi connectivity index (χ1) is 9.22. The smallest absolute Gasteiger partial charge is 0.225 e. The van der Waals surface area contributed by atoms with E-state index >= 15 is 0 Å². The van der Waals surface area contributed by atoms with Gasteiger partial charge in [-0.15, -0.1) is 0 Å². The molecule has 4 nitrogen and oxygen atoms in total. The molecule has 3 heterocycles. The second-order valence-electron chi connectivity index (χ2n) is 4.60. The molecule has 0 amide bonds. The summed E-state index contributed by atoms with van der Waals surface area (Å²) in [6, 6.07) is 2.11. The Kier molecular flexibility index (Phi) is 3.68. The van der Waals surface area contributed by atoms with Crippen molar-refractivity contribution in [2.24, 2.45) is 0 Å². The van der Waals surface area contributed by atoms with Crippen LogP contribution < -0.4 is 4.90 Å². The molecule has 1 aliphatic rings. The average Bonchev–Trinajstić information content (AvgIpc) is 2.93. The molecule has 2 atom stereocenters. The van der Waals surface area contributed by atoms with Crippen molar-refractivity contribution in [3.63, 3.8) is 0 Å². The van der Waals surface area contributed by atoms with Crippen LogP contribution in [0.2, 0.25) is 5.02 Å². The van der Waals surface area contributed by atoms with Crippen molar-refractivity contribution in [1.82, 2.24) is 9.97 Å². The predicted octanol–water partition coefficient (Wildman–Crippen LogP) is 3.16. The lowest BCUT2D eigenvalue weighted by molar-refractivity contribution is -0.0176. The lowest BCUT2D eigenvalue weighted by Gasteiger charge is -2.36. The molecule has 0 spiro atoms. The van der Waals surface area contributed by atoms with Gasteiger partial charge in [-0.05, 0) is 29.3 Å². The van der Waals surface area contributed by atoms with Crippen LogP contribution in [-0.4, -0.2) is 29.2 Å². The molecule has 0 aromatic carbocycles. The summed E-state index contributed by atoms with van der Waals surface area (Å²) in [7, 11) is 0. The highest BCUT2D eigenvalue weighted by Gasteiger charge is 2.28. The van der Waals surface area contributed by atoms with E-state index in [0.717, 1.165) is 13.1 Å². The molecule has 0 N–H and O–H groups in total. The average molecular weight is 296 g/mol. The number of nitrogens with zero attached hydrogens (tertiary/aromatic N) is 3. The SMILES string of the molecule is C[C@@H]1CN(c2ncc(Cl)cn2)C[C@H](c2ccsc2)O1. The molecule has 1 fully saturated rings. The first-order valence-electron chi connectivity index (χ1n) is 6.12. The van der Waals surface area contributed by atoms with Gasteiger partial charge in [0, 0.05) is 6.54 Å². The number of ether oxygens (including phenoxy) is 1. The lowest BCUT2D eigenvalue weighted by Crippen LogP contribution is -2.43. The van der Waals surface area contributed by atoms with Crippen molar-refractivity contribution < 1.29 is 4.74 Å². The summed E-state index contributed by atoms with van der Waals surface area (Å²) >= 11 is 7.51. The molecule has 1 aliphatic heterocycles. The number of rotatable bonds is 2. The van der Waals surface area contributed by atoms with E-state index in [-0.39, 0.29) is 12.2 Å². The van der Waals surface area contributed by atoms with Crippen molar-refractivity contribution in [3.8, 4) is 0 Å². The highest BCUT2D eigenvalue weighted by Crippen LogP contribution is 2.28. The highest BCUT2D eigenvalue weighted by molar-refractivity contribution is 7.07. The van der Waals surface area contributed by atoms with Crippen molar-refractivity contribution in [3.05, 3.63) is 39.8 Å². The van der Waals surface area contributed by atoms with Crippen LogP contribution in [0, 0.1) is 0 Å². The molecule has 0 bridgehead atoms. The summed E-state index contributed by atoms with van der Waals surface area (Å²) < 4.78 is 5.99. The molecule has 0 aliphatic carbocycles. The molecule has 2 aromatic rings.